The van der Waals surface area contributed by atoms with Crippen molar-refractivity contribution in [2.24, 2.45) is 0 Å². The minimum absolute atomic E-state index is 0.0311. The summed E-state index contributed by atoms with van der Waals surface area (Å²) in [5.41, 5.74) is 3.57. The van der Waals surface area contributed by atoms with Crippen LogP contribution < -0.4 is 19.5 Å². The van der Waals surface area contributed by atoms with Gasteiger partial charge in [-0.3, -0.25) is 14.2 Å². The summed E-state index contributed by atoms with van der Waals surface area (Å²) in [6.07, 6.45) is 0. The van der Waals surface area contributed by atoms with Gasteiger partial charge >= 0.3 is 0 Å². The Morgan fingerprint density at radius 3 is 2.15 bits per heavy atom. The van der Waals surface area contributed by atoms with Crippen LogP contribution in [0.4, 0.5) is 17.1 Å². The SMILES string of the molecule is COc1ccc(C)cc1NS(=O)(=O)c1ccc(NC(=O)c2ccc(Cl)c(S(=O)(=O)Nc3cccc(C)c3C)c2)cc1. The molecule has 0 heterocycles. The number of anilines is 3. The van der Waals surface area contributed by atoms with Crippen molar-refractivity contribution in [2.45, 2.75) is 30.6 Å². The second kappa shape index (κ2) is 11.8. The molecule has 4 aromatic carbocycles. The van der Waals surface area contributed by atoms with Crippen LogP contribution in [0.5, 0.6) is 5.75 Å². The van der Waals surface area contributed by atoms with E-state index in [0.717, 1.165) is 16.7 Å². The van der Waals surface area contributed by atoms with Gasteiger partial charge in [0.1, 0.15) is 10.6 Å². The molecule has 0 saturated heterocycles. The van der Waals surface area contributed by atoms with Crippen molar-refractivity contribution in [3.05, 3.63) is 106 Å². The third-order valence-electron chi connectivity index (χ3n) is 6.35. The van der Waals surface area contributed by atoms with Crippen LogP contribution in [0.3, 0.4) is 0 Å². The molecular formula is C29H28ClN3O6S2. The number of halogens is 1. The number of carbonyl (C=O) groups excluding carboxylic acids is 1. The first-order chi connectivity index (χ1) is 19.3. The highest BCUT2D eigenvalue weighted by molar-refractivity contribution is 7.93. The van der Waals surface area contributed by atoms with Crippen molar-refractivity contribution in [1.82, 2.24) is 0 Å². The standard InChI is InChI=1S/C29H28ClN3O6S2/c1-18-8-15-27(39-4)26(16-18)33-40(35,36)23-12-10-22(11-13-23)31-29(34)21-9-14-24(30)28(17-21)41(37,38)32-25-7-5-6-19(2)20(25)3/h5-17,32-33H,1-4H3,(H,31,34). The molecule has 0 aliphatic heterocycles. The van der Waals surface area contributed by atoms with Crippen molar-refractivity contribution >= 4 is 54.6 Å². The summed E-state index contributed by atoms with van der Waals surface area (Å²) in [4.78, 5) is 12.7. The fraction of sp³-hybridized carbons (Fsp3) is 0.138. The highest BCUT2D eigenvalue weighted by Crippen LogP contribution is 2.29. The molecule has 1 amide bonds. The van der Waals surface area contributed by atoms with E-state index >= 15 is 0 Å². The van der Waals surface area contributed by atoms with E-state index in [1.165, 1.54) is 49.6 Å². The Morgan fingerprint density at radius 1 is 0.780 bits per heavy atom. The van der Waals surface area contributed by atoms with Crippen molar-refractivity contribution in [1.29, 1.82) is 0 Å². The molecule has 0 aliphatic rings. The lowest BCUT2D eigenvalue weighted by atomic mass is 10.1. The summed E-state index contributed by atoms with van der Waals surface area (Å²) in [5.74, 6) is -0.236. The summed E-state index contributed by atoms with van der Waals surface area (Å²) >= 11 is 6.21. The Bertz CT molecular complexity index is 1840. The van der Waals surface area contributed by atoms with Gasteiger partial charge < -0.3 is 10.1 Å². The van der Waals surface area contributed by atoms with Crippen molar-refractivity contribution in [3.63, 3.8) is 0 Å². The fourth-order valence-corrected chi connectivity index (χ4v) is 6.65. The van der Waals surface area contributed by atoms with Gasteiger partial charge in [0.15, 0.2) is 0 Å². The first kappa shape index (κ1) is 29.9. The minimum atomic E-state index is -4.11. The van der Waals surface area contributed by atoms with Crippen LogP contribution in [-0.4, -0.2) is 29.9 Å². The molecule has 4 aromatic rings. The van der Waals surface area contributed by atoms with Crippen LogP contribution in [0.15, 0.2) is 88.7 Å². The van der Waals surface area contributed by atoms with Gasteiger partial charge in [-0.15, -0.1) is 0 Å². The van der Waals surface area contributed by atoms with Crippen molar-refractivity contribution < 1.29 is 26.4 Å². The maximum atomic E-state index is 13.1. The molecule has 0 aromatic heterocycles. The maximum absolute atomic E-state index is 13.1. The summed E-state index contributed by atoms with van der Waals surface area (Å²) in [5, 5.41) is 2.59. The number of nitrogens with one attached hydrogen (secondary N) is 3. The molecule has 0 aliphatic carbocycles. The largest absolute Gasteiger partial charge is 0.495 e. The number of methoxy groups -OCH3 is 1. The lowest BCUT2D eigenvalue weighted by molar-refractivity contribution is 0.102. The van der Waals surface area contributed by atoms with Gasteiger partial charge in [-0.2, -0.15) is 0 Å². The van der Waals surface area contributed by atoms with E-state index in [9.17, 15) is 21.6 Å². The Labute approximate surface area is 244 Å². The van der Waals surface area contributed by atoms with Gasteiger partial charge in [-0.25, -0.2) is 16.8 Å². The van der Waals surface area contributed by atoms with E-state index in [1.54, 1.807) is 37.3 Å². The Morgan fingerprint density at radius 2 is 1.46 bits per heavy atom. The van der Waals surface area contributed by atoms with E-state index in [2.05, 4.69) is 14.8 Å². The van der Waals surface area contributed by atoms with Crippen molar-refractivity contribution in [2.75, 3.05) is 21.9 Å². The van der Waals surface area contributed by atoms with E-state index in [-0.39, 0.29) is 20.4 Å². The van der Waals surface area contributed by atoms with Crippen LogP contribution in [0.25, 0.3) is 0 Å². The molecule has 0 fully saturated rings. The molecule has 12 heteroatoms. The number of aryl methyl sites for hydroxylation is 2. The second-order valence-corrected chi connectivity index (χ2v) is 13.0. The molecule has 0 atom stereocenters. The molecule has 0 spiro atoms. The zero-order chi connectivity index (χ0) is 29.9. The van der Waals surface area contributed by atoms with E-state index in [4.69, 9.17) is 16.3 Å². The number of ether oxygens (including phenoxy) is 1. The highest BCUT2D eigenvalue weighted by Gasteiger charge is 2.22. The molecular weight excluding hydrogens is 586 g/mol. The molecule has 214 valence electrons. The van der Waals surface area contributed by atoms with E-state index in [1.807, 2.05) is 19.9 Å². The first-order valence-corrected chi connectivity index (χ1v) is 15.6. The fourth-order valence-electron chi connectivity index (χ4n) is 3.94. The molecule has 0 saturated carbocycles. The topological polar surface area (TPSA) is 131 Å². The summed E-state index contributed by atoms with van der Waals surface area (Å²) in [7, 11) is -6.62. The second-order valence-electron chi connectivity index (χ2n) is 9.29. The van der Waals surface area contributed by atoms with E-state index in [0.29, 0.717) is 22.8 Å². The van der Waals surface area contributed by atoms with Gasteiger partial charge in [0.25, 0.3) is 26.0 Å². The number of hydrogen-bond acceptors (Lipinski definition) is 6. The maximum Gasteiger partial charge on any atom is 0.263 e. The zero-order valence-electron chi connectivity index (χ0n) is 22.6. The smallest absolute Gasteiger partial charge is 0.263 e. The zero-order valence-corrected chi connectivity index (χ0v) is 25.0. The summed E-state index contributed by atoms with van der Waals surface area (Å²) in [6.45, 7) is 5.49. The van der Waals surface area contributed by atoms with Crippen LogP contribution in [0.2, 0.25) is 5.02 Å². The van der Waals surface area contributed by atoms with Gasteiger partial charge in [0.05, 0.1) is 28.4 Å². The van der Waals surface area contributed by atoms with Crippen LogP contribution in [-0.2, 0) is 20.0 Å². The summed E-state index contributed by atoms with van der Waals surface area (Å²) < 4.78 is 62.5. The Balaban J connectivity index is 1.52. The summed E-state index contributed by atoms with van der Waals surface area (Å²) in [6, 6.07) is 19.8. The van der Waals surface area contributed by atoms with Gasteiger partial charge in [0.2, 0.25) is 0 Å². The predicted octanol–water partition coefficient (Wildman–Crippen LogP) is 6.13. The minimum Gasteiger partial charge on any atom is -0.495 e. The van der Waals surface area contributed by atoms with Gasteiger partial charge in [0, 0.05) is 11.3 Å². The van der Waals surface area contributed by atoms with Gasteiger partial charge in [-0.1, -0.05) is 29.8 Å². The third kappa shape index (κ3) is 6.82. The number of amides is 1. The molecule has 0 radical (unpaired) electrons. The monoisotopic (exact) mass is 613 g/mol. The van der Waals surface area contributed by atoms with Crippen molar-refractivity contribution in [3.8, 4) is 5.75 Å². The number of sulfonamides is 2. The van der Waals surface area contributed by atoms with Crippen LogP contribution in [0.1, 0.15) is 27.0 Å². The number of rotatable bonds is 9. The molecule has 0 unspecified atom stereocenters. The molecule has 4 rings (SSSR count). The van der Waals surface area contributed by atoms with E-state index < -0.39 is 26.0 Å². The number of hydrogen-bond donors (Lipinski definition) is 3. The predicted molar refractivity (Wildman–Crippen MR) is 161 cm³/mol. The number of benzene rings is 4. The normalized spacial score (nSPS) is 11.5. The quantitative estimate of drug-likeness (QED) is 0.208. The molecule has 0 bridgehead atoms. The first-order valence-electron chi connectivity index (χ1n) is 12.3. The lowest BCUT2D eigenvalue weighted by Gasteiger charge is -2.14. The lowest BCUT2D eigenvalue weighted by Crippen LogP contribution is -2.17. The number of carbonyl (C=O) groups is 1. The highest BCUT2D eigenvalue weighted by atomic mass is 35.5. The Kier molecular flexibility index (Phi) is 8.62. The average molecular weight is 614 g/mol. The molecule has 9 nitrogen and oxygen atoms in total. The van der Waals surface area contributed by atoms with Crippen LogP contribution in [0, 0.1) is 20.8 Å². The average Bonchev–Trinajstić information content (AvgIpc) is 2.91. The third-order valence-corrected chi connectivity index (χ3v) is 9.58. The van der Waals surface area contributed by atoms with Crippen LogP contribution >= 0.6 is 11.6 Å². The Hall–Kier alpha value is -4.06. The van der Waals surface area contributed by atoms with Gasteiger partial charge in [-0.05, 0) is 98.1 Å². The molecule has 3 N–H and O–H groups in total. The molecule has 41 heavy (non-hydrogen) atoms.